The Morgan fingerprint density at radius 2 is 2.17 bits per heavy atom. The minimum absolute atomic E-state index is 0.0609. The second kappa shape index (κ2) is 5.98. The van der Waals surface area contributed by atoms with E-state index in [9.17, 15) is 18.0 Å². The van der Waals surface area contributed by atoms with Gasteiger partial charge in [-0.3, -0.25) is 0 Å². The SMILES string of the molecule is COC(=O)c1c(C(F)(F)F)c(-c2cccnc2Cl)n2c1C=CCC2. The standard InChI is InChI=1S/C16H12ClF3N2O2/c1-24-15(23)11-10-6-2-3-8-22(10)13(12(11)16(18,19)20)9-5-4-7-21-14(9)17/h2,4-7H,3,8H2,1H3. The Morgan fingerprint density at radius 1 is 1.42 bits per heavy atom. The van der Waals surface area contributed by atoms with Gasteiger partial charge in [-0.15, -0.1) is 0 Å². The molecule has 0 unspecified atom stereocenters. The number of nitrogens with zero attached hydrogens (tertiary/aromatic N) is 2. The molecule has 2 aromatic heterocycles. The lowest BCUT2D eigenvalue weighted by Gasteiger charge is -2.16. The topological polar surface area (TPSA) is 44.1 Å². The van der Waals surface area contributed by atoms with Crippen molar-refractivity contribution in [1.82, 2.24) is 9.55 Å². The second-order valence-corrected chi connectivity index (χ2v) is 5.52. The van der Waals surface area contributed by atoms with E-state index >= 15 is 0 Å². The van der Waals surface area contributed by atoms with Gasteiger partial charge in [-0.2, -0.15) is 13.2 Å². The van der Waals surface area contributed by atoms with E-state index in [1.54, 1.807) is 6.08 Å². The maximum atomic E-state index is 13.8. The number of hydrogen-bond acceptors (Lipinski definition) is 3. The molecule has 3 rings (SSSR count). The Labute approximate surface area is 140 Å². The molecular weight excluding hydrogens is 345 g/mol. The molecule has 1 aliphatic rings. The van der Waals surface area contributed by atoms with E-state index < -0.39 is 23.3 Å². The third-order valence-electron chi connectivity index (χ3n) is 3.79. The fraction of sp³-hybridized carbons (Fsp3) is 0.250. The summed E-state index contributed by atoms with van der Waals surface area (Å²) in [5, 5.41) is -0.0609. The summed E-state index contributed by atoms with van der Waals surface area (Å²) in [5.74, 6) is -1.04. The van der Waals surface area contributed by atoms with E-state index in [1.165, 1.54) is 29.0 Å². The van der Waals surface area contributed by atoms with Crippen molar-refractivity contribution in [2.24, 2.45) is 0 Å². The van der Waals surface area contributed by atoms with Crippen LogP contribution in [-0.4, -0.2) is 22.6 Å². The van der Waals surface area contributed by atoms with Crippen LogP contribution in [0.4, 0.5) is 13.2 Å². The van der Waals surface area contributed by atoms with Gasteiger partial charge in [0.15, 0.2) is 0 Å². The maximum absolute atomic E-state index is 13.8. The van der Waals surface area contributed by atoms with Crippen LogP contribution in [0.25, 0.3) is 17.3 Å². The van der Waals surface area contributed by atoms with E-state index in [2.05, 4.69) is 9.72 Å². The van der Waals surface area contributed by atoms with Crippen LogP contribution in [0.15, 0.2) is 24.4 Å². The van der Waals surface area contributed by atoms with Crippen LogP contribution in [0.5, 0.6) is 0 Å². The third kappa shape index (κ3) is 2.58. The van der Waals surface area contributed by atoms with Gasteiger partial charge in [-0.25, -0.2) is 9.78 Å². The van der Waals surface area contributed by atoms with Gasteiger partial charge in [0.1, 0.15) is 5.15 Å². The summed E-state index contributed by atoms with van der Waals surface area (Å²) in [6.07, 6.45) is 0.399. The van der Waals surface area contributed by atoms with Crippen LogP contribution < -0.4 is 0 Å². The molecule has 24 heavy (non-hydrogen) atoms. The number of pyridine rings is 1. The zero-order valence-electron chi connectivity index (χ0n) is 12.5. The van der Waals surface area contributed by atoms with E-state index in [0.717, 1.165) is 7.11 Å². The molecule has 0 saturated carbocycles. The zero-order chi connectivity index (χ0) is 17.5. The summed E-state index contributed by atoms with van der Waals surface area (Å²) in [4.78, 5) is 15.9. The molecule has 0 bridgehead atoms. The summed E-state index contributed by atoms with van der Waals surface area (Å²) in [7, 11) is 1.05. The predicted octanol–water partition coefficient (Wildman–Crippen LogP) is 4.43. The monoisotopic (exact) mass is 356 g/mol. The summed E-state index contributed by atoms with van der Waals surface area (Å²) < 4.78 is 47.4. The van der Waals surface area contributed by atoms with Gasteiger partial charge in [-0.05, 0) is 24.6 Å². The van der Waals surface area contributed by atoms with Crippen LogP contribution in [-0.2, 0) is 17.5 Å². The highest BCUT2D eigenvalue weighted by atomic mass is 35.5. The molecule has 3 heterocycles. The van der Waals surface area contributed by atoms with E-state index in [1.807, 2.05) is 0 Å². The molecule has 0 fully saturated rings. The number of esters is 1. The minimum atomic E-state index is -4.75. The van der Waals surface area contributed by atoms with Crippen molar-refractivity contribution in [2.75, 3.05) is 7.11 Å². The summed E-state index contributed by atoms with van der Waals surface area (Å²) in [6.45, 7) is 0.298. The highest BCUT2D eigenvalue weighted by Gasteiger charge is 2.44. The Balaban J connectivity index is 2.45. The summed E-state index contributed by atoms with van der Waals surface area (Å²) in [5.41, 5.74) is -1.43. The molecule has 0 aliphatic carbocycles. The highest BCUT2D eigenvalue weighted by molar-refractivity contribution is 6.32. The van der Waals surface area contributed by atoms with Crippen LogP contribution in [0.2, 0.25) is 5.15 Å². The lowest BCUT2D eigenvalue weighted by molar-refractivity contribution is -0.137. The van der Waals surface area contributed by atoms with Gasteiger partial charge < -0.3 is 9.30 Å². The number of fused-ring (bicyclic) bond motifs is 1. The molecular formula is C16H12ClF3N2O2. The summed E-state index contributed by atoms with van der Waals surface area (Å²) >= 11 is 6.02. The molecule has 126 valence electrons. The number of carbonyl (C=O) groups excluding carboxylic acids is 1. The molecule has 0 radical (unpaired) electrons. The van der Waals surface area contributed by atoms with E-state index in [0.29, 0.717) is 13.0 Å². The van der Waals surface area contributed by atoms with Gasteiger partial charge in [0.25, 0.3) is 0 Å². The van der Waals surface area contributed by atoms with Gasteiger partial charge in [0, 0.05) is 18.3 Å². The second-order valence-electron chi connectivity index (χ2n) is 5.16. The van der Waals surface area contributed by atoms with Crippen molar-refractivity contribution in [2.45, 2.75) is 19.1 Å². The first-order valence-electron chi connectivity index (χ1n) is 7.05. The van der Waals surface area contributed by atoms with Crippen molar-refractivity contribution >= 4 is 23.6 Å². The van der Waals surface area contributed by atoms with Gasteiger partial charge in [0.05, 0.1) is 29.6 Å². The number of hydrogen-bond donors (Lipinski definition) is 0. The number of ether oxygens (including phenoxy) is 1. The first-order valence-corrected chi connectivity index (χ1v) is 7.43. The zero-order valence-corrected chi connectivity index (χ0v) is 13.3. The van der Waals surface area contributed by atoms with Crippen LogP contribution in [0, 0.1) is 0 Å². The molecule has 0 amide bonds. The normalized spacial score (nSPS) is 13.7. The lowest BCUT2D eigenvalue weighted by Crippen LogP contribution is -2.14. The Hall–Kier alpha value is -2.28. The number of methoxy groups -OCH3 is 1. The number of allylic oxidation sites excluding steroid dienone is 1. The average Bonchev–Trinajstić information content (AvgIpc) is 2.90. The fourth-order valence-electron chi connectivity index (χ4n) is 2.87. The van der Waals surface area contributed by atoms with E-state index in [4.69, 9.17) is 11.6 Å². The number of rotatable bonds is 2. The Kier molecular flexibility index (Phi) is 4.13. The molecule has 4 nitrogen and oxygen atoms in total. The molecule has 0 saturated heterocycles. The number of alkyl halides is 3. The first-order chi connectivity index (χ1) is 11.4. The third-order valence-corrected chi connectivity index (χ3v) is 4.09. The van der Waals surface area contributed by atoms with Crippen molar-refractivity contribution in [3.63, 3.8) is 0 Å². The number of halogens is 4. The lowest BCUT2D eigenvalue weighted by atomic mass is 10.0. The predicted molar refractivity (Wildman–Crippen MR) is 82.7 cm³/mol. The maximum Gasteiger partial charge on any atom is 0.419 e. The smallest absolute Gasteiger partial charge is 0.419 e. The molecule has 1 aliphatic heterocycles. The molecule has 2 aromatic rings. The Morgan fingerprint density at radius 3 is 2.79 bits per heavy atom. The van der Waals surface area contributed by atoms with Crippen molar-refractivity contribution < 1.29 is 22.7 Å². The van der Waals surface area contributed by atoms with Crippen LogP contribution >= 0.6 is 11.6 Å². The van der Waals surface area contributed by atoms with Crippen LogP contribution in [0.1, 0.15) is 28.0 Å². The molecule has 0 N–H and O–H groups in total. The van der Waals surface area contributed by atoms with Crippen molar-refractivity contribution in [1.29, 1.82) is 0 Å². The van der Waals surface area contributed by atoms with E-state index in [-0.39, 0.29) is 22.1 Å². The average molecular weight is 357 g/mol. The van der Waals surface area contributed by atoms with Crippen molar-refractivity contribution in [3.05, 3.63) is 46.4 Å². The van der Waals surface area contributed by atoms with Gasteiger partial charge in [0.2, 0.25) is 0 Å². The molecule has 8 heteroatoms. The number of aromatic nitrogens is 2. The van der Waals surface area contributed by atoms with Gasteiger partial charge in [-0.1, -0.05) is 17.7 Å². The number of carbonyl (C=O) groups is 1. The Bertz CT molecular complexity index is 841. The quantitative estimate of drug-likeness (QED) is 0.590. The molecule has 0 aromatic carbocycles. The highest BCUT2D eigenvalue weighted by Crippen LogP contribution is 2.45. The van der Waals surface area contributed by atoms with Crippen molar-refractivity contribution in [3.8, 4) is 11.3 Å². The first kappa shape index (κ1) is 16.6. The largest absolute Gasteiger partial charge is 0.465 e. The molecule has 0 spiro atoms. The molecule has 0 atom stereocenters. The van der Waals surface area contributed by atoms with Gasteiger partial charge >= 0.3 is 12.1 Å². The summed E-state index contributed by atoms with van der Waals surface area (Å²) in [6, 6.07) is 2.95. The minimum Gasteiger partial charge on any atom is -0.465 e. The fourth-order valence-corrected chi connectivity index (χ4v) is 3.08. The van der Waals surface area contributed by atoms with Crippen LogP contribution in [0.3, 0.4) is 0 Å².